The molecule has 2 rings (SSSR count). The zero-order valence-electron chi connectivity index (χ0n) is 16.9. The third kappa shape index (κ3) is 7.56. The maximum absolute atomic E-state index is 11.6. The van der Waals surface area contributed by atoms with Crippen LogP contribution in [0.5, 0.6) is 5.75 Å². The van der Waals surface area contributed by atoms with Crippen LogP contribution in [0.1, 0.15) is 18.0 Å². The van der Waals surface area contributed by atoms with Crippen LogP contribution in [-0.2, 0) is 0 Å². The van der Waals surface area contributed by atoms with E-state index in [0.29, 0.717) is 5.75 Å². The molecule has 0 spiro atoms. The summed E-state index contributed by atoms with van der Waals surface area (Å²) in [5.74, 6) is 1.39. The number of carbonyl (C=O) groups excluding carboxylic acids is 1. The van der Waals surface area contributed by atoms with Crippen molar-refractivity contribution in [1.82, 2.24) is 9.80 Å². The Bertz CT molecular complexity index is 798. The van der Waals surface area contributed by atoms with Crippen LogP contribution in [0.2, 0.25) is 0 Å². The number of amides is 1. The van der Waals surface area contributed by atoms with E-state index in [0.717, 1.165) is 22.6 Å². The lowest BCUT2D eigenvalue weighted by Crippen LogP contribution is -2.25. The number of nitro benzene ring substituents is 1. The number of rotatable bonds is 8. The van der Waals surface area contributed by atoms with Gasteiger partial charge in [-0.05, 0) is 56.1 Å². The Kier molecular flexibility index (Phi) is 9.94. The highest BCUT2D eigenvalue weighted by Crippen LogP contribution is 2.29. The fourth-order valence-corrected chi connectivity index (χ4v) is 3.53. The third-order valence-electron chi connectivity index (χ3n) is 4.17. The molecule has 0 saturated carbocycles. The lowest BCUT2D eigenvalue weighted by Gasteiger charge is -2.25. The fraction of sp³-hybridized carbons (Fsp3) is 0.350. The zero-order chi connectivity index (χ0) is 20.7. The second-order valence-electron chi connectivity index (χ2n) is 6.70. The van der Waals surface area contributed by atoms with Gasteiger partial charge in [-0.3, -0.25) is 10.1 Å². The molecule has 0 aromatic heterocycles. The lowest BCUT2D eigenvalue weighted by atomic mass is 10.0. The predicted molar refractivity (Wildman–Crippen MR) is 118 cm³/mol. The number of hydrogen-bond donors (Lipinski definition) is 0. The number of benzene rings is 2. The number of non-ortho nitro benzene ring substituents is 1. The predicted octanol–water partition coefficient (Wildman–Crippen LogP) is 4.86. The highest BCUT2D eigenvalue weighted by molar-refractivity contribution is 7.99. The number of ether oxygens (including phenoxy) is 1. The van der Waals surface area contributed by atoms with E-state index < -0.39 is 11.0 Å². The summed E-state index contributed by atoms with van der Waals surface area (Å²) in [7, 11) is 7.34. The lowest BCUT2D eigenvalue weighted by molar-refractivity contribution is -0.384. The van der Waals surface area contributed by atoms with E-state index in [1.807, 2.05) is 26.2 Å². The normalized spacial score (nSPS) is 11.5. The van der Waals surface area contributed by atoms with Gasteiger partial charge >= 0.3 is 6.09 Å². The van der Waals surface area contributed by atoms with Gasteiger partial charge in [0.2, 0.25) is 0 Å². The molecule has 9 heteroatoms. The molecule has 1 unspecified atom stereocenters. The molecule has 7 nitrogen and oxygen atoms in total. The van der Waals surface area contributed by atoms with E-state index in [1.165, 1.54) is 17.0 Å². The summed E-state index contributed by atoms with van der Waals surface area (Å²) in [6.07, 6.45) is 0.502. The molecule has 0 fully saturated rings. The first kappa shape index (κ1) is 24.7. The Morgan fingerprint density at radius 2 is 1.66 bits per heavy atom. The first-order valence-electron chi connectivity index (χ1n) is 8.80. The summed E-state index contributed by atoms with van der Waals surface area (Å²) in [5.41, 5.74) is 1.24. The minimum absolute atomic E-state index is 0. The fourth-order valence-electron chi connectivity index (χ4n) is 2.63. The highest BCUT2D eigenvalue weighted by Gasteiger charge is 2.15. The average Bonchev–Trinajstić information content (AvgIpc) is 2.66. The summed E-state index contributed by atoms with van der Waals surface area (Å²) >= 11 is 1.67. The van der Waals surface area contributed by atoms with Crippen molar-refractivity contribution in [2.24, 2.45) is 0 Å². The molecule has 0 heterocycles. The molecule has 1 amide bonds. The Balaban J connectivity index is 0.00000420. The zero-order valence-corrected chi connectivity index (χ0v) is 18.5. The summed E-state index contributed by atoms with van der Waals surface area (Å²) in [4.78, 5) is 26.5. The van der Waals surface area contributed by atoms with Crippen LogP contribution >= 0.6 is 24.2 Å². The van der Waals surface area contributed by atoms with Crippen molar-refractivity contribution in [1.29, 1.82) is 0 Å². The van der Waals surface area contributed by atoms with Gasteiger partial charge in [0.25, 0.3) is 5.69 Å². The maximum atomic E-state index is 11.6. The smallest absolute Gasteiger partial charge is 0.410 e. The van der Waals surface area contributed by atoms with Crippen molar-refractivity contribution in [3.8, 4) is 5.75 Å². The average molecular weight is 440 g/mol. The van der Waals surface area contributed by atoms with Gasteiger partial charge in [0, 0.05) is 37.2 Å². The first-order chi connectivity index (χ1) is 13.3. The van der Waals surface area contributed by atoms with Gasteiger partial charge < -0.3 is 14.5 Å². The first-order valence-corrected chi connectivity index (χ1v) is 9.79. The van der Waals surface area contributed by atoms with Crippen LogP contribution in [0.3, 0.4) is 0 Å². The minimum Gasteiger partial charge on any atom is -0.410 e. The number of halogens is 1. The molecule has 0 aliphatic rings. The van der Waals surface area contributed by atoms with Crippen molar-refractivity contribution in [2.75, 3.05) is 33.9 Å². The van der Waals surface area contributed by atoms with Gasteiger partial charge in [-0.1, -0.05) is 12.1 Å². The number of nitrogens with zero attached hydrogens (tertiary/aromatic N) is 3. The molecular weight excluding hydrogens is 414 g/mol. The van der Waals surface area contributed by atoms with E-state index in [-0.39, 0.29) is 24.1 Å². The van der Waals surface area contributed by atoms with Crippen molar-refractivity contribution < 1.29 is 14.5 Å². The van der Waals surface area contributed by atoms with E-state index in [4.69, 9.17) is 4.74 Å². The Morgan fingerprint density at radius 3 is 2.14 bits per heavy atom. The van der Waals surface area contributed by atoms with Crippen LogP contribution in [0.15, 0.2) is 53.4 Å². The summed E-state index contributed by atoms with van der Waals surface area (Å²) in [6.45, 7) is 0. The van der Waals surface area contributed by atoms with Gasteiger partial charge in [-0.25, -0.2) is 4.79 Å². The summed E-state index contributed by atoms with van der Waals surface area (Å²) in [5, 5.41) is 10.7. The molecule has 29 heavy (non-hydrogen) atoms. The molecule has 0 bridgehead atoms. The number of thioether (sulfide) groups is 1. The van der Waals surface area contributed by atoms with E-state index in [9.17, 15) is 14.9 Å². The Hall–Kier alpha value is -2.29. The van der Waals surface area contributed by atoms with Gasteiger partial charge in [-0.15, -0.1) is 24.2 Å². The van der Waals surface area contributed by atoms with Crippen molar-refractivity contribution >= 4 is 35.9 Å². The highest BCUT2D eigenvalue weighted by atomic mass is 35.5. The second-order valence-corrected chi connectivity index (χ2v) is 7.87. The minimum atomic E-state index is -0.406. The molecule has 0 radical (unpaired) electrons. The second kappa shape index (κ2) is 11.6. The summed E-state index contributed by atoms with van der Waals surface area (Å²) < 4.78 is 5.26. The largest absolute Gasteiger partial charge is 0.414 e. The molecule has 0 N–H and O–H groups in total. The van der Waals surface area contributed by atoms with Gasteiger partial charge in [-0.2, -0.15) is 0 Å². The number of nitro groups is 1. The topological polar surface area (TPSA) is 75.9 Å². The number of carbonyl (C=O) groups is 1. The van der Waals surface area contributed by atoms with E-state index >= 15 is 0 Å². The molecule has 0 aliphatic carbocycles. The monoisotopic (exact) mass is 439 g/mol. The molecular formula is C20H26ClN3O4S. The molecule has 1 atom stereocenters. The van der Waals surface area contributed by atoms with Gasteiger partial charge in [0.1, 0.15) is 5.75 Å². The molecule has 158 valence electrons. The van der Waals surface area contributed by atoms with Crippen molar-refractivity contribution in [3.05, 3.63) is 64.2 Å². The molecule has 2 aromatic rings. The van der Waals surface area contributed by atoms with Gasteiger partial charge in [0.15, 0.2) is 0 Å². The quantitative estimate of drug-likeness (QED) is 0.332. The van der Waals surface area contributed by atoms with Crippen molar-refractivity contribution in [2.45, 2.75) is 17.4 Å². The van der Waals surface area contributed by atoms with Crippen LogP contribution in [0.25, 0.3) is 0 Å². The third-order valence-corrected chi connectivity index (χ3v) is 5.21. The van der Waals surface area contributed by atoms with E-state index in [1.54, 1.807) is 50.1 Å². The van der Waals surface area contributed by atoms with Gasteiger partial charge in [0.05, 0.1) is 4.92 Å². The SMILES string of the molecule is CN(C)C(=O)Oc1ccc(C(CCSc2ccc([N+](=O)[O-])cc2)N(C)C)cc1.Cl. The van der Waals surface area contributed by atoms with Crippen LogP contribution in [0, 0.1) is 10.1 Å². The number of hydrogen-bond acceptors (Lipinski definition) is 6. The van der Waals surface area contributed by atoms with Crippen molar-refractivity contribution in [3.63, 3.8) is 0 Å². The standard InChI is InChI=1S/C20H25N3O4S.ClH/c1-21(2)19(13-14-28-18-11-7-16(8-12-18)23(25)26)15-5-9-17(10-6-15)27-20(24)22(3)4;/h5-12,19H,13-14H2,1-4H3;1H. The molecule has 0 aliphatic heterocycles. The summed E-state index contributed by atoms with van der Waals surface area (Å²) in [6, 6.07) is 14.4. The van der Waals surface area contributed by atoms with Crippen LogP contribution in [0.4, 0.5) is 10.5 Å². The Morgan fingerprint density at radius 1 is 1.07 bits per heavy atom. The molecule has 2 aromatic carbocycles. The van der Waals surface area contributed by atoms with Crippen LogP contribution < -0.4 is 4.74 Å². The Labute approximate surface area is 181 Å². The van der Waals surface area contributed by atoms with E-state index in [2.05, 4.69) is 4.90 Å². The molecule has 0 saturated heterocycles. The van der Waals surface area contributed by atoms with Crippen LogP contribution in [-0.4, -0.2) is 54.8 Å². The maximum Gasteiger partial charge on any atom is 0.414 e.